The first-order valence-corrected chi connectivity index (χ1v) is 13.5. The molecule has 0 saturated heterocycles. The molecule has 4 rings (SSSR count). The van der Waals surface area contributed by atoms with E-state index in [0.717, 1.165) is 18.5 Å². The van der Waals surface area contributed by atoms with Gasteiger partial charge in [0.1, 0.15) is 17.1 Å². The van der Waals surface area contributed by atoms with Gasteiger partial charge in [0.25, 0.3) is 0 Å². The van der Waals surface area contributed by atoms with Gasteiger partial charge in [0.2, 0.25) is 0 Å². The lowest BCUT2D eigenvalue weighted by molar-refractivity contribution is 0.0648. The third-order valence-corrected chi connectivity index (χ3v) is 7.29. The first-order valence-electron chi connectivity index (χ1n) is 12.7. The minimum Gasteiger partial charge on any atom is -0.496 e. The quantitative estimate of drug-likeness (QED) is 0.163. The summed E-state index contributed by atoms with van der Waals surface area (Å²) in [5.41, 5.74) is 1.47. The lowest BCUT2D eigenvalue weighted by Crippen LogP contribution is -2.28. The molecule has 40 heavy (non-hydrogen) atoms. The molecule has 0 fully saturated rings. The maximum absolute atomic E-state index is 11.6. The van der Waals surface area contributed by atoms with E-state index in [1.165, 1.54) is 35.6 Å². The molecule has 0 aliphatic rings. The lowest BCUT2D eigenvalue weighted by Gasteiger charge is -2.23. The van der Waals surface area contributed by atoms with Crippen molar-refractivity contribution in [2.45, 2.75) is 19.4 Å². The molecule has 0 spiro atoms. The smallest absolute Gasteiger partial charge is 0.340 e. The topological polar surface area (TPSA) is 96.3 Å². The average molecular weight is 582 g/mol. The number of carboxylic acids is 2. The van der Waals surface area contributed by atoms with Crippen molar-refractivity contribution in [2.75, 3.05) is 26.8 Å². The molecule has 0 aliphatic heterocycles. The number of fused-ring (bicyclic) bond motifs is 1. The van der Waals surface area contributed by atoms with Gasteiger partial charge in [0.05, 0.1) is 29.3 Å². The molecule has 4 aromatic carbocycles. The summed E-state index contributed by atoms with van der Waals surface area (Å²) in [5.74, 6) is -2.60. The monoisotopic (exact) mass is 581 g/mol. The molecule has 0 atom stereocenters. The zero-order valence-electron chi connectivity index (χ0n) is 21.9. The van der Waals surface area contributed by atoms with Crippen LogP contribution in [0.1, 0.15) is 38.3 Å². The molecule has 0 saturated carbocycles. The molecule has 2 N–H and O–H groups in total. The SMILES string of the molecule is COc1cc(OCCCN(CCc2ccc3ccccc3c2)Cc2ccc(Cl)c(Cl)c2)cc(C(=O)O)c1C(=O)O. The van der Waals surface area contributed by atoms with E-state index in [2.05, 4.69) is 35.2 Å². The summed E-state index contributed by atoms with van der Waals surface area (Å²) in [6.45, 7) is 2.45. The van der Waals surface area contributed by atoms with Gasteiger partial charge in [-0.15, -0.1) is 0 Å². The molecular formula is C31H29Cl2NO6. The van der Waals surface area contributed by atoms with E-state index in [9.17, 15) is 19.8 Å². The molecule has 0 amide bonds. The standard InChI is InChI=1S/C31H29Cl2NO6/c1-39-28-18-24(17-25(30(35)36)29(28)31(37)38)40-14-4-12-34(19-21-8-10-26(32)27(33)16-21)13-11-20-7-9-22-5-2-3-6-23(22)15-20/h2-3,5-10,15-18H,4,11-14,19H2,1H3,(H,35,36)(H,37,38). The number of carboxylic acid groups (broad SMARTS) is 2. The Kier molecular flexibility index (Phi) is 9.88. The van der Waals surface area contributed by atoms with Crippen molar-refractivity contribution in [2.24, 2.45) is 0 Å². The molecule has 7 nitrogen and oxygen atoms in total. The van der Waals surface area contributed by atoms with Gasteiger partial charge >= 0.3 is 11.9 Å². The highest BCUT2D eigenvalue weighted by Gasteiger charge is 2.23. The molecule has 0 radical (unpaired) electrons. The zero-order chi connectivity index (χ0) is 28.6. The summed E-state index contributed by atoms with van der Waals surface area (Å²) < 4.78 is 10.9. The summed E-state index contributed by atoms with van der Waals surface area (Å²) in [6.07, 6.45) is 1.49. The van der Waals surface area contributed by atoms with E-state index in [0.29, 0.717) is 36.2 Å². The predicted octanol–water partition coefficient (Wildman–Crippen LogP) is 7.07. The summed E-state index contributed by atoms with van der Waals surface area (Å²) >= 11 is 12.4. The fourth-order valence-electron chi connectivity index (χ4n) is 4.55. The van der Waals surface area contributed by atoms with Gasteiger partial charge in [-0.05, 0) is 52.9 Å². The number of nitrogens with zero attached hydrogens (tertiary/aromatic N) is 1. The van der Waals surface area contributed by atoms with E-state index < -0.39 is 23.1 Å². The van der Waals surface area contributed by atoms with Crippen LogP contribution in [0.2, 0.25) is 10.0 Å². The Balaban J connectivity index is 1.43. The maximum Gasteiger partial charge on any atom is 0.340 e. The number of halogens is 2. The lowest BCUT2D eigenvalue weighted by atomic mass is 10.0. The normalized spacial score (nSPS) is 11.1. The number of hydrogen-bond acceptors (Lipinski definition) is 5. The Morgan fingerprint density at radius 3 is 2.27 bits per heavy atom. The van der Waals surface area contributed by atoms with Crippen molar-refractivity contribution in [1.29, 1.82) is 0 Å². The van der Waals surface area contributed by atoms with E-state index in [4.69, 9.17) is 32.7 Å². The summed E-state index contributed by atoms with van der Waals surface area (Å²) in [5, 5.41) is 22.3. The maximum atomic E-state index is 11.6. The minimum absolute atomic E-state index is 0.0703. The first-order chi connectivity index (χ1) is 19.2. The van der Waals surface area contributed by atoms with Crippen LogP contribution in [-0.2, 0) is 13.0 Å². The second-order valence-corrected chi connectivity index (χ2v) is 10.1. The van der Waals surface area contributed by atoms with Crippen molar-refractivity contribution in [3.63, 3.8) is 0 Å². The first kappa shape index (κ1) is 29.2. The molecule has 0 heterocycles. The zero-order valence-corrected chi connectivity index (χ0v) is 23.4. The van der Waals surface area contributed by atoms with E-state index in [1.807, 2.05) is 24.3 Å². The van der Waals surface area contributed by atoms with Crippen molar-refractivity contribution in [1.82, 2.24) is 4.90 Å². The second kappa shape index (κ2) is 13.5. The number of methoxy groups -OCH3 is 1. The number of hydrogen-bond donors (Lipinski definition) is 2. The number of rotatable bonds is 13. The Labute approximate surface area is 242 Å². The number of ether oxygens (including phenoxy) is 2. The summed E-state index contributed by atoms with van der Waals surface area (Å²) in [7, 11) is 1.29. The third kappa shape index (κ3) is 7.45. The van der Waals surface area contributed by atoms with Crippen LogP contribution in [0.3, 0.4) is 0 Å². The van der Waals surface area contributed by atoms with Crippen LogP contribution in [0.15, 0.2) is 72.8 Å². The molecule has 0 aromatic heterocycles. The van der Waals surface area contributed by atoms with Gasteiger partial charge in [0, 0.05) is 25.7 Å². The molecule has 0 bridgehead atoms. The van der Waals surface area contributed by atoms with Gasteiger partial charge in [-0.3, -0.25) is 4.90 Å². The Hall–Kier alpha value is -3.78. The Morgan fingerprint density at radius 1 is 0.825 bits per heavy atom. The van der Waals surface area contributed by atoms with Gasteiger partial charge in [-0.2, -0.15) is 0 Å². The summed E-state index contributed by atoms with van der Waals surface area (Å²) in [6, 6.07) is 23.0. The molecule has 0 unspecified atom stereocenters. The average Bonchev–Trinajstić information content (AvgIpc) is 2.94. The van der Waals surface area contributed by atoms with Crippen molar-refractivity contribution in [3.05, 3.63) is 105 Å². The molecule has 208 valence electrons. The molecule has 4 aromatic rings. The van der Waals surface area contributed by atoms with E-state index in [-0.39, 0.29) is 11.5 Å². The number of carbonyl (C=O) groups is 2. The third-order valence-electron chi connectivity index (χ3n) is 6.55. The van der Waals surface area contributed by atoms with Crippen LogP contribution in [0, 0.1) is 0 Å². The van der Waals surface area contributed by atoms with Gasteiger partial charge in [0.15, 0.2) is 0 Å². The van der Waals surface area contributed by atoms with Crippen LogP contribution < -0.4 is 9.47 Å². The molecule has 0 aliphatic carbocycles. The minimum atomic E-state index is -1.38. The Bertz CT molecular complexity index is 1520. The fourth-order valence-corrected chi connectivity index (χ4v) is 4.87. The Morgan fingerprint density at radius 2 is 1.57 bits per heavy atom. The van der Waals surface area contributed by atoms with Crippen LogP contribution in [0.5, 0.6) is 11.5 Å². The fraction of sp³-hybridized carbons (Fsp3) is 0.226. The van der Waals surface area contributed by atoms with Crippen molar-refractivity contribution in [3.8, 4) is 11.5 Å². The highest BCUT2D eigenvalue weighted by atomic mass is 35.5. The van der Waals surface area contributed by atoms with Crippen LogP contribution in [-0.4, -0.2) is 53.9 Å². The highest BCUT2D eigenvalue weighted by Crippen LogP contribution is 2.29. The van der Waals surface area contributed by atoms with Crippen molar-refractivity contribution >= 4 is 45.9 Å². The molecular weight excluding hydrogens is 553 g/mol. The predicted molar refractivity (Wildman–Crippen MR) is 156 cm³/mol. The number of aromatic carboxylic acids is 2. The largest absolute Gasteiger partial charge is 0.496 e. The van der Waals surface area contributed by atoms with Crippen molar-refractivity contribution < 1.29 is 29.3 Å². The van der Waals surface area contributed by atoms with Gasteiger partial charge in [-0.1, -0.05) is 71.7 Å². The molecule has 9 heteroatoms. The van der Waals surface area contributed by atoms with E-state index >= 15 is 0 Å². The van der Waals surface area contributed by atoms with Gasteiger partial charge < -0.3 is 19.7 Å². The number of benzene rings is 4. The van der Waals surface area contributed by atoms with E-state index in [1.54, 1.807) is 6.07 Å². The second-order valence-electron chi connectivity index (χ2n) is 9.32. The van der Waals surface area contributed by atoms with Crippen LogP contribution in [0.4, 0.5) is 0 Å². The van der Waals surface area contributed by atoms with Gasteiger partial charge in [-0.25, -0.2) is 9.59 Å². The van der Waals surface area contributed by atoms with Crippen LogP contribution >= 0.6 is 23.2 Å². The van der Waals surface area contributed by atoms with Crippen LogP contribution in [0.25, 0.3) is 10.8 Å². The highest BCUT2D eigenvalue weighted by molar-refractivity contribution is 6.42. The summed E-state index contributed by atoms with van der Waals surface area (Å²) in [4.78, 5) is 25.5.